The molecule has 0 aliphatic heterocycles. The summed E-state index contributed by atoms with van der Waals surface area (Å²) >= 11 is 0. The van der Waals surface area contributed by atoms with Crippen LogP contribution in [0.3, 0.4) is 0 Å². The molecule has 1 aromatic carbocycles. The maximum absolute atomic E-state index is 12.8. The van der Waals surface area contributed by atoms with Crippen molar-refractivity contribution in [3.63, 3.8) is 0 Å². The first-order valence-electron chi connectivity index (χ1n) is 7.44. The van der Waals surface area contributed by atoms with Crippen LogP contribution in [0, 0.1) is 0 Å². The van der Waals surface area contributed by atoms with Gasteiger partial charge < -0.3 is 9.47 Å². The van der Waals surface area contributed by atoms with Gasteiger partial charge in [0.1, 0.15) is 11.4 Å². The van der Waals surface area contributed by atoms with Crippen molar-refractivity contribution in [2.24, 2.45) is 0 Å². The van der Waals surface area contributed by atoms with Crippen molar-refractivity contribution in [2.75, 3.05) is 6.61 Å². The normalized spacial score (nSPS) is 11.7. The van der Waals surface area contributed by atoms with Gasteiger partial charge in [-0.25, -0.2) is 0 Å². The highest BCUT2D eigenvalue weighted by molar-refractivity contribution is 6.02. The molecule has 1 aromatic rings. The van der Waals surface area contributed by atoms with Gasteiger partial charge in [-0.05, 0) is 45.7 Å². The molecule has 0 spiro atoms. The summed E-state index contributed by atoms with van der Waals surface area (Å²) in [5.41, 5.74) is -0.0640. The van der Waals surface area contributed by atoms with Gasteiger partial charge in [0.25, 0.3) is 0 Å². The summed E-state index contributed by atoms with van der Waals surface area (Å²) in [6.45, 7) is 10.4. The maximum atomic E-state index is 12.8. The van der Waals surface area contributed by atoms with Crippen molar-refractivity contribution in [3.05, 3.63) is 29.8 Å². The van der Waals surface area contributed by atoms with E-state index in [0.29, 0.717) is 25.0 Å². The van der Waals surface area contributed by atoms with E-state index < -0.39 is 5.60 Å². The van der Waals surface area contributed by atoms with E-state index in [1.54, 1.807) is 6.07 Å². The predicted octanol–water partition coefficient (Wildman–Crippen LogP) is 4.25. The third kappa shape index (κ3) is 3.83. The van der Waals surface area contributed by atoms with Crippen molar-refractivity contribution in [1.29, 1.82) is 0 Å². The quantitative estimate of drug-likeness (QED) is 0.667. The molecule has 0 bridgehead atoms. The van der Waals surface area contributed by atoms with Crippen molar-refractivity contribution < 1.29 is 14.3 Å². The number of ketones is 1. The van der Waals surface area contributed by atoms with Crippen molar-refractivity contribution in [3.8, 4) is 5.75 Å². The summed E-state index contributed by atoms with van der Waals surface area (Å²) in [5.74, 6) is 0.766. The topological polar surface area (TPSA) is 35.5 Å². The molecule has 1 rings (SSSR count). The van der Waals surface area contributed by atoms with Crippen LogP contribution >= 0.6 is 0 Å². The fourth-order valence-corrected chi connectivity index (χ4v) is 2.36. The van der Waals surface area contributed by atoms with Gasteiger partial charge in [-0.1, -0.05) is 26.0 Å². The second-order valence-corrected chi connectivity index (χ2v) is 5.16. The zero-order valence-electron chi connectivity index (χ0n) is 13.2. The lowest BCUT2D eigenvalue weighted by atomic mass is 9.87. The van der Waals surface area contributed by atoms with Crippen LogP contribution in [-0.2, 0) is 4.74 Å². The Morgan fingerprint density at radius 1 is 1.20 bits per heavy atom. The van der Waals surface area contributed by atoms with Gasteiger partial charge in [0.15, 0.2) is 5.78 Å². The fourth-order valence-electron chi connectivity index (χ4n) is 2.36. The average molecular weight is 278 g/mol. The Balaban J connectivity index is 3.06. The van der Waals surface area contributed by atoms with E-state index >= 15 is 0 Å². The largest absolute Gasteiger partial charge is 0.491 e. The Kier molecular flexibility index (Phi) is 6.21. The SMILES string of the molecule is CCOC(CC)(CC)C(=O)c1cccc(OC(C)C)c1. The van der Waals surface area contributed by atoms with Crippen LogP contribution in [0.5, 0.6) is 5.75 Å². The third-order valence-electron chi connectivity index (χ3n) is 3.44. The Labute approximate surface area is 122 Å². The summed E-state index contributed by atoms with van der Waals surface area (Å²) in [4.78, 5) is 12.8. The summed E-state index contributed by atoms with van der Waals surface area (Å²) in [6.07, 6.45) is 1.44. The highest BCUT2D eigenvalue weighted by Gasteiger charge is 2.36. The van der Waals surface area contributed by atoms with Crippen LogP contribution in [0.4, 0.5) is 0 Å². The molecule has 0 amide bonds. The van der Waals surface area contributed by atoms with Gasteiger partial charge in [-0.2, -0.15) is 0 Å². The van der Waals surface area contributed by atoms with Crippen LogP contribution in [0.25, 0.3) is 0 Å². The van der Waals surface area contributed by atoms with Gasteiger partial charge in [0.2, 0.25) is 0 Å². The molecular weight excluding hydrogens is 252 g/mol. The van der Waals surface area contributed by atoms with Crippen LogP contribution in [0.15, 0.2) is 24.3 Å². The van der Waals surface area contributed by atoms with Gasteiger partial charge in [-0.15, -0.1) is 0 Å². The third-order valence-corrected chi connectivity index (χ3v) is 3.44. The first kappa shape index (κ1) is 16.7. The van der Waals surface area contributed by atoms with E-state index in [0.717, 1.165) is 5.75 Å². The summed E-state index contributed by atoms with van der Waals surface area (Å²) in [5, 5.41) is 0. The predicted molar refractivity (Wildman–Crippen MR) is 81.5 cm³/mol. The first-order chi connectivity index (χ1) is 9.49. The Bertz CT molecular complexity index is 434. The minimum absolute atomic E-state index is 0.0403. The lowest BCUT2D eigenvalue weighted by molar-refractivity contribution is -0.0250. The number of rotatable bonds is 8. The zero-order chi connectivity index (χ0) is 15.2. The molecule has 0 heterocycles. The van der Waals surface area contributed by atoms with Crippen molar-refractivity contribution in [1.82, 2.24) is 0 Å². The molecule has 0 unspecified atom stereocenters. The molecule has 0 aromatic heterocycles. The number of carbonyl (C=O) groups is 1. The van der Waals surface area contributed by atoms with Crippen LogP contribution < -0.4 is 4.74 Å². The number of Topliss-reactive ketones (excluding diaryl/α,β-unsaturated/α-hetero) is 1. The van der Waals surface area contributed by atoms with E-state index in [1.165, 1.54) is 0 Å². The second-order valence-electron chi connectivity index (χ2n) is 5.16. The van der Waals surface area contributed by atoms with E-state index in [4.69, 9.17) is 9.47 Å². The lowest BCUT2D eigenvalue weighted by Crippen LogP contribution is -2.40. The molecular formula is C17H26O3. The van der Waals surface area contributed by atoms with Gasteiger partial charge >= 0.3 is 0 Å². The highest BCUT2D eigenvalue weighted by atomic mass is 16.5. The molecule has 3 nitrogen and oxygen atoms in total. The molecule has 0 fully saturated rings. The van der Waals surface area contributed by atoms with Gasteiger partial charge in [0, 0.05) is 12.2 Å². The van der Waals surface area contributed by atoms with Crippen LogP contribution in [0.1, 0.15) is 57.8 Å². The van der Waals surface area contributed by atoms with Crippen molar-refractivity contribution >= 4 is 5.78 Å². The van der Waals surface area contributed by atoms with E-state index in [1.807, 2.05) is 52.8 Å². The molecule has 0 aliphatic carbocycles. The van der Waals surface area contributed by atoms with Gasteiger partial charge in [0.05, 0.1) is 6.10 Å². The molecule has 0 saturated heterocycles. The summed E-state index contributed by atoms with van der Waals surface area (Å²) in [6, 6.07) is 7.36. The minimum Gasteiger partial charge on any atom is -0.491 e. The van der Waals surface area contributed by atoms with Crippen LogP contribution in [-0.4, -0.2) is 24.1 Å². The number of hydrogen-bond donors (Lipinski definition) is 0. The average Bonchev–Trinajstić information content (AvgIpc) is 2.44. The maximum Gasteiger partial charge on any atom is 0.194 e. The Morgan fingerprint density at radius 2 is 1.85 bits per heavy atom. The van der Waals surface area contributed by atoms with E-state index in [2.05, 4.69) is 0 Å². The zero-order valence-corrected chi connectivity index (χ0v) is 13.2. The van der Waals surface area contributed by atoms with Crippen molar-refractivity contribution in [2.45, 2.75) is 59.2 Å². The molecule has 112 valence electrons. The number of carbonyl (C=O) groups excluding carboxylic acids is 1. The molecule has 0 aliphatic rings. The number of ether oxygens (including phenoxy) is 2. The number of benzene rings is 1. The minimum atomic E-state index is -0.717. The Morgan fingerprint density at radius 3 is 2.35 bits per heavy atom. The first-order valence-corrected chi connectivity index (χ1v) is 7.44. The second kappa shape index (κ2) is 7.44. The highest BCUT2D eigenvalue weighted by Crippen LogP contribution is 2.27. The van der Waals surface area contributed by atoms with Gasteiger partial charge in [-0.3, -0.25) is 4.79 Å². The fraction of sp³-hybridized carbons (Fsp3) is 0.588. The number of hydrogen-bond acceptors (Lipinski definition) is 3. The smallest absolute Gasteiger partial charge is 0.194 e. The standard InChI is InChI=1S/C17H26O3/c1-6-17(7-2,19-8-3)16(18)14-10-9-11-15(12-14)20-13(4)5/h9-13H,6-8H2,1-5H3. The molecule has 0 N–H and O–H groups in total. The van der Waals surface area contributed by atoms with E-state index in [9.17, 15) is 4.79 Å². The lowest BCUT2D eigenvalue weighted by Gasteiger charge is -2.30. The molecule has 0 atom stereocenters. The molecule has 0 radical (unpaired) electrons. The molecule has 3 heteroatoms. The Hall–Kier alpha value is -1.35. The summed E-state index contributed by atoms with van der Waals surface area (Å²) < 4.78 is 11.4. The molecule has 0 saturated carbocycles. The molecule has 20 heavy (non-hydrogen) atoms. The summed E-state index contributed by atoms with van der Waals surface area (Å²) in [7, 11) is 0. The van der Waals surface area contributed by atoms with E-state index in [-0.39, 0.29) is 11.9 Å². The van der Waals surface area contributed by atoms with Crippen LogP contribution in [0.2, 0.25) is 0 Å². The monoisotopic (exact) mass is 278 g/mol.